The Labute approximate surface area is 143 Å². The number of aryl methyl sites for hydroxylation is 1. The van der Waals surface area contributed by atoms with Crippen molar-refractivity contribution in [1.29, 1.82) is 0 Å². The van der Waals surface area contributed by atoms with Crippen LogP contribution >= 0.6 is 0 Å². The maximum absolute atomic E-state index is 11.9. The van der Waals surface area contributed by atoms with E-state index in [9.17, 15) is 9.59 Å². The molecule has 1 aromatic rings. The fraction of sp³-hybridized carbons (Fsp3) is 0.556. The summed E-state index contributed by atoms with van der Waals surface area (Å²) in [6.45, 7) is 11.1. The Kier molecular flexibility index (Phi) is 4.76. The van der Waals surface area contributed by atoms with E-state index in [1.807, 2.05) is 0 Å². The third-order valence-corrected chi connectivity index (χ3v) is 5.15. The van der Waals surface area contributed by atoms with E-state index in [4.69, 9.17) is 0 Å². The number of carbonyl (C=O) groups excluding carboxylic acids is 2. The van der Waals surface area contributed by atoms with Gasteiger partial charge >= 0.3 is 6.03 Å². The van der Waals surface area contributed by atoms with Gasteiger partial charge in [0.05, 0.1) is 0 Å². The summed E-state index contributed by atoms with van der Waals surface area (Å²) in [6, 6.07) is 5.80. The molecular weight excluding hydrogens is 304 g/mol. The minimum atomic E-state index is -0.390. The standard InChI is InChI=1S/C18H26N4O2/c1-13-5-4-6-16(14(13)2)21-10-7-20(8-11-21)9-12-22-17(23)15(3)19-18(22)24/h4-6,15H,7-12H2,1-3H3,(H,19,24). The first-order valence-corrected chi connectivity index (χ1v) is 8.63. The van der Waals surface area contributed by atoms with E-state index in [0.29, 0.717) is 6.54 Å². The Balaban J connectivity index is 1.52. The van der Waals surface area contributed by atoms with Gasteiger partial charge in [-0.1, -0.05) is 12.1 Å². The van der Waals surface area contributed by atoms with Gasteiger partial charge in [-0.15, -0.1) is 0 Å². The van der Waals surface area contributed by atoms with Crippen molar-refractivity contribution in [2.24, 2.45) is 0 Å². The maximum Gasteiger partial charge on any atom is 0.324 e. The summed E-state index contributed by atoms with van der Waals surface area (Å²) in [6.07, 6.45) is 0. The predicted molar refractivity (Wildman–Crippen MR) is 94.3 cm³/mol. The highest BCUT2D eigenvalue weighted by Crippen LogP contribution is 2.23. The molecular formula is C18H26N4O2. The minimum absolute atomic E-state index is 0.117. The van der Waals surface area contributed by atoms with Crippen molar-refractivity contribution in [2.75, 3.05) is 44.2 Å². The second-order valence-electron chi connectivity index (χ2n) is 6.71. The molecule has 2 aliphatic heterocycles. The number of hydrogen-bond acceptors (Lipinski definition) is 4. The van der Waals surface area contributed by atoms with Crippen molar-refractivity contribution in [3.05, 3.63) is 29.3 Å². The molecule has 0 bridgehead atoms. The van der Waals surface area contributed by atoms with Crippen LogP contribution in [0.15, 0.2) is 18.2 Å². The molecule has 1 aromatic carbocycles. The lowest BCUT2D eigenvalue weighted by atomic mass is 10.1. The molecule has 130 valence electrons. The van der Waals surface area contributed by atoms with Crippen molar-refractivity contribution in [3.8, 4) is 0 Å². The van der Waals surface area contributed by atoms with Gasteiger partial charge in [-0.3, -0.25) is 14.6 Å². The Bertz CT molecular complexity index is 638. The lowest BCUT2D eigenvalue weighted by Gasteiger charge is -2.37. The molecule has 0 saturated carbocycles. The number of imide groups is 1. The van der Waals surface area contributed by atoms with Crippen molar-refractivity contribution >= 4 is 17.6 Å². The van der Waals surface area contributed by atoms with Gasteiger partial charge in [0.25, 0.3) is 5.91 Å². The number of rotatable bonds is 4. The number of amides is 3. The highest BCUT2D eigenvalue weighted by molar-refractivity contribution is 6.03. The third-order valence-electron chi connectivity index (χ3n) is 5.15. The highest BCUT2D eigenvalue weighted by Gasteiger charge is 2.34. The Morgan fingerprint density at radius 2 is 1.79 bits per heavy atom. The minimum Gasteiger partial charge on any atom is -0.369 e. The smallest absolute Gasteiger partial charge is 0.324 e. The fourth-order valence-electron chi connectivity index (χ4n) is 3.40. The molecule has 1 unspecified atom stereocenters. The third kappa shape index (κ3) is 3.24. The SMILES string of the molecule is Cc1cccc(N2CCN(CCN3C(=O)NC(C)C3=O)CC2)c1C. The van der Waals surface area contributed by atoms with E-state index >= 15 is 0 Å². The average molecular weight is 330 g/mol. The second kappa shape index (κ2) is 6.81. The molecule has 6 heteroatoms. The van der Waals surface area contributed by atoms with E-state index in [1.165, 1.54) is 21.7 Å². The van der Waals surface area contributed by atoms with Crippen LogP contribution in [0.3, 0.4) is 0 Å². The van der Waals surface area contributed by atoms with E-state index in [0.717, 1.165) is 32.7 Å². The van der Waals surface area contributed by atoms with Crippen molar-refractivity contribution in [2.45, 2.75) is 26.8 Å². The number of nitrogens with one attached hydrogen (secondary N) is 1. The molecule has 1 atom stereocenters. The van der Waals surface area contributed by atoms with Gasteiger partial charge in [0, 0.05) is 45.0 Å². The first-order valence-electron chi connectivity index (χ1n) is 8.63. The Hall–Kier alpha value is -2.08. The lowest BCUT2D eigenvalue weighted by molar-refractivity contribution is -0.127. The summed E-state index contributed by atoms with van der Waals surface area (Å²) in [5.74, 6) is -0.117. The predicted octanol–water partition coefficient (Wildman–Crippen LogP) is 1.37. The molecule has 0 aliphatic carbocycles. The van der Waals surface area contributed by atoms with Crippen LogP contribution in [0.5, 0.6) is 0 Å². The van der Waals surface area contributed by atoms with Gasteiger partial charge in [0.2, 0.25) is 0 Å². The average Bonchev–Trinajstić information content (AvgIpc) is 2.81. The van der Waals surface area contributed by atoms with Gasteiger partial charge in [-0.05, 0) is 38.0 Å². The van der Waals surface area contributed by atoms with Gasteiger partial charge in [0.15, 0.2) is 0 Å². The van der Waals surface area contributed by atoms with Crippen LogP contribution in [0.1, 0.15) is 18.1 Å². The van der Waals surface area contributed by atoms with E-state index < -0.39 is 6.04 Å². The monoisotopic (exact) mass is 330 g/mol. The van der Waals surface area contributed by atoms with Crippen molar-refractivity contribution in [1.82, 2.24) is 15.1 Å². The molecule has 0 aromatic heterocycles. The highest BCUT2D eigenvalue weighted by atomic mass is 16.2. The first kappa shape index (κ1) is 16.8. The largest absolute Gasteiger partial charge is 0.369 e. The summed E-state index contributed by atoms with van der Waals surface area (Å²) in [5.41, 5.74) is 3.99. The molecule has 1 N–H and O–H groups in total. The number of benzene rings is 1. The molecule has 2 saturated heterocycles. The Morgan fingerprint density at radius 1 is 1.08 bits per heavy atom. The van der Waals surface area contributed by atoms with Gasteiger partial charge in [0.1, 0.15) is 6.04 Å². The van der Waals surface area contributed by atoms with Crippen LogP contribution in [0.4, 0.5) is 10.5 Å². The number of nitrogens with zero attached hydrogens (tertiary/aromatic N) is 3. The van der Waals surface area contributed by atoms with Crippen LogP contribution < -0.4 is 10.2 Å². The van der Waals surface area contributed by atoms with E-state index in [-0.39, 0.29) is 11.9 Å². The summed E-state index contributed by atoms with van der Waals surface area (Å²) >= 11 is 0. The van der Waals surface area contributed by atoms with Crippen molar-refractivity contribution in [3.63, 3.8) is 0 Å². The molecule has 2 heterocycles. The molecule has 0 spiro atoms. The summed E-state index contributed by atoms with van der Waals surface area (Å²) < 4.78 is 0. The number of hydrogen-bond donors (Lipinski definition) is 1. The molecule has 2 aliphatic rings. The Morgan fingerprint density at radius 3 is 2.42 bits per heavy atom. The van der Waals surface area contributed by atoms with Gasteiger partial charge in [-0.2, -0.15) is 0 Å². The molecule has 3 amide bonds. The zero-order valence-electron chi connectivity index (χ0n) is 14.7. The molecule has 2 fully saturated rings. The zero-order chi connectivity index (χ0) is 17.3. The van der Waals surface area contributed by atoms with Crippen LogP contribution in [0.2, 0.25) is 0 Å². The topological polar surface area (TPSA) is 55.9 Å². The molecule has 6 nitrogen and oxygen atoms in total. The van der Waals surface area contributed by atoms with Crippen LogP contribution in [-0.2, 0) is 4.79 Å². The maximum atomic E-state index is 11.9. The zero-order valence-corrected chi connectivity index (χ0v) is 14.7. The van der Waals surface area contributed by atoms with Gasteiger partial charge < -0.3 is 10.2 Å². The first-order chi connectivity index (χ1) is 11.5. The van der Waals surface area contributed by atoms with Crippen molar-refractivity contribution < 1.29 is 9.59 Å². The summed E-state index contributed by atoms with van der Waals surface area (Å²) in [4.78, 5) is 29.7. The van der Waals surface area contributed by atoms with Crippen LogP contribution in [-0.4, -0.2) is 67.0 Å². The van der Waals surface area contributed by atoms with Gasteiger partial charge in [-0.25, -0.2) is 4.79 Å². The van der Waals surface area contributed by atoms with Crippen LogP contribution in [0, 0.1) is 13.8 Å². The van der Waals surface area contributed by atoms with Crippen LogP contribution in [0.25, 0.3) is 0 Å². The summed E-state index contributed by atoms with van der Waals surface area (Å²) in [5, 5.41) is 2.66. The quantitative estimate of drug-likeness (QED) is 0.847. The second-order valence-corrected chi connectivity index (χ2v) is 6.71. The van der Waals surface area contributed by atoms with E-state index in [2.05, 4.69) is 47.2 Å². The number of anilines is 1. The number of urea groups is 1. The molecule has 24 heavy (non-hydrogen) atoms. The fourth-order valence-corrected chi connectivity index (χ4v) is 3.40. The molecule has 0 radical (unpaired) electrons. The number of piperazine rings is 1. The normalized spacial score (nSPS) is 22.2. The summed E-state index contributed by atoms with van der Waals surface area (Å²) in [7, 11) is 0. The van der Waals surface area contributed by atoms with E-state index in [1.54, 1.807) is 6.92 Å². The lowest BCUT2D eigenvalue weighted by Crippen LogP contribution is -2.49. The molecule has 3 rings (SSSR count). The number of carbonyl (C=O) groups is 2.